The number of hydrogen-bond acceptors (Lipinski definition) is 5. The van der Waals surface area contributed by atoms with Crippen LogP contribution in [-0.4, -0.2) is 26.0 Å². The van der Waals surface area contributed by atoms with E-state index in [9.17, 15) is 0 Å². The van der Waals surface area contributed by atoms with Crippen molar-refractivity contribution in [1.29, 1.82) is 0 Å². The summed E-state index contributed by atoms with van der Waals surface area (Å²) in [5, 5.41) is 5.09. The Hall–Kier alpha value is -3.21. The zero-order chi connectivity index (χ0) is 17.0. The molecule has 0 saturated heterocycles. The van der Waals surface area contributed by atoms with Gasteiger partial charge >= 0.3 is 0 Å². The van der Waals surface area contributed by atoms with Crippen molar-refractivity contribution in [2.24, 2.45) is 0 Å². The average Bonchev–Trinajstić information content (AvgIpc) is 3.11. The topological polar surface area (TPSA) is 49.8 Å². The number of benzene rings is 3. The van der Waals surface area contributed by atoms with Gasteiger partial charge in [0.1, 0.15) is 0 Å². The minimum absolute atomic E-state index is 0.255. The van der Waals surface area contributed by atoms with Gasteiger partial charge in [0, 0.05) is 27.7 Å². The molecule has 25 heavy (non-hydrogen) atoms. The second kappa shape index (κ2) is 5.14. The van der Waals surface area contributed by atoms with Gasteiger partial charge in [0.25, 0.3) is 0 Å². The van der Waals surface area contributed by atoms with Crippen molar-refractivity contribution >= 4 is 32.4 Å². The van der Waals surface area contributed by atoms with E-state index in [1.807, 2.05) is 30.5 Å². The first kappa shape index (κ1) is 14.2. The van der Waals surface area contributed by atoms with Crippen molar-refractivity contribution in [3.8, 4) is 23.0 Å². The van der Waals surface area contributed by atoms with Crippen molar-refractivity contribution in [1.82, 2.24) is 4.98 Å². The Balaban J connectivity index is 1.94. The summed E-state index contributed by atoms with van der Waals surface area (Å²) < 4.78 is 22.1. The van der Waals surface area contributed by atoms with Crippen LogP contribution in [0.5, 0.6) is 23.0 Å². The number of aromatic nitrogens is 1. The predicted molar refractivity (Wildman–Crippen MR) is 96.0 cm³/mol. The van der Waals surface area contributed by atoms with Gasteiger partial charge < -0.3 is 18.9 Å². The molecule has 0 N–H and O–H groups in total. The van der Waals surface area contributed by atoms with Gasteiger partial charge in [-0.2, -0.15) is 0 Å². The summed E-state index contributed by atoms with van der Waals surface area (Å²) in [6.45, 7) is 0.255. The highest BCUT2D eigenvalue weighted by Crippen LogP contribution is 2.42. The van der Waals surface area contributed by atoms with E-state index >= 15 is 0 Å². The molecule has 5 nitrogen and oxygen atoms in total. The van der Waals surface area contributed by atoms with Crippen LogP contribution in [0.3, 0.4) is 0 Å². The summed E-state index contributed by atoms with van der Waals surface area (Å²) in [4.78, 5) is 4.70. The van der Waals surface area contributed by atoms with Gasteiger partial charge in [0.2, 0.25) is 6.79 Å². The molecule has 0 fully saturated rings. The lowest BCUT2D eigenvalue weighted by molar-refractivity contribution is 0.174. The monoisotopic (exact) mass is 333 g/mol. The molecular weight excluding hydrogens is 318 g/mol. The van der Waals surface area contributed by atoms with Crippen molar-refractivity contribution in [3.63, 3.8) is 0 Å². The van der Waals surface area contributed by atoms with Gasteiger partial charge in [-0.05, 0) is 29.7 Å². The van der Waals surface area contributed by atoms with Crippen LogP contribution >= 0.6 is 0 Å². The lowest BCUT2D eigenvalue weighted by atomic mass is 10.0. The zero-order valence-corrected chi connectivity index (χ0v) is 13.8. The van der Waals surface area contributed by atoms with Crippen LogP contribution in [0.4, 0.5) is 0 Å². The molecule has 124 valence electrons. The van der Waals surface area contributed by atoms with Crippen molar-refractivity contribution in [2.75, 3.05) is 21.0 Å². The molecule has 5 rings (SSSR count). The first-order chi connectivity index (χ1) is 12.3. The molecule has 0 spiro atoms. The molecule has 4 aromatic rings. The Morgan fingerprint density at radius 2 is 1.68 bits per heavy atom. The van der Waals surface area contributed by atoms with E-state index in [1.54, 1.807) is 14.2 Å². The third-order valence-electron chi connectivity index (χ3n) is 4.66. The van der Waals surface area contributed by atoms with Crippen LogP contribution < -0.4 is 18.9 Å². The van der Waals surface area contributed by atoms with E-state index in [0.717, 1.165) is 43.9 Å². The predicted octanol–water partition coefficient (Wildman–Crippen LogP) is 4.29. The quantitative estimate of drug-likeness (QED) is 0.512. The van der Waals surface area contributed by atoms with Crippen LogP contribution in [-0.2, 0) is 0 Å². The molecule has 1 aliphatic rings. The summed E-state index contributed by atoms with van der Waals surface area (Å²) in [7, 11) is 3.30. The summed E-state index contributed by atoms with van der Waals surface area (Å²) in [6, 6.07) is 12.0. The summed E-state index contributed by atoms with van der Waals surface area (Å²) in [5.41, 5.74) is 0.898. The lowest BCUT2D eigenvalue weighted by Gasteiger charge is -2.13. The largest absolute Gasteiger partial charge is 0.493 e. The number of ether oxygens (including phenoxy) is 4. The molecular formula is C20H15NO4. The molecule has 0 amide bonds. The molecule has 2 heterocycles. The summed E-state index contributed by atoms with van der Waals surface area (Å²) in [6.07, 6.45) is 1.86. The molecule has 0 radical (unpaired) electrons. The number of rotatable bonds is 2. The van der Waals surface area contributed by atoms with Crippen LogP contribution in [0.25, 0.3) is 32.4 Å². The van der Waals surface area contributed by atoms with Gasteiger partial charge in [-0.3, -0.25) is 4.98 Å². The average molecular weight is 333 g/mol. The van der Waals surface area contributed by atoms with Crippen LogP contribution in [0, 0.1) is 0 Å². The van der Waals surface area contributed by atoms with E-state index in [2.05, 4.69) is 12.1 Å². The minimum atomic E-state index is 0.255. The maximum absolute atomic E-state index is 5.65. The van der Waals surface area contributed by atoms with Crippen molar-refractivity contribution < 1.29 is 18.9 Å². The van der Waals surface area contributed by atoms with Gasteiger partial charge in [0.15, 0.2) is 23.0 Å². The summed E-state index contributed by atoms with van der Waals surface area (Å²) in [5.74, 6) is 2.94. The van der Waals surface area contributed by atoms with Gasteiger partial charge in [-0.25, -0.2) is 0 Å². The molecule has 5 heteroatoms. The van der Waals surface area contributed by atoms with E-state index in [1.165, 1.54) is 0 Å². The van der Waals surface area contributed by atoms with Crippen LogP contribution in [0.15, 0.2) is 42.6 Å². The maximum Gasteiger partial charge on any atom is 0.231 e. The standard InChI is InChI=1S/C20H15NO4/c1-22-15-6-4-12-9-21-19-13(18(12)20(15)23-2)5-3-11-7-16-17(8-14(11)19)25-10-24-16/h3-9H,10H2,1-2H3. The SMILES string of the molecule is COc1ccc2cnc3c4cc5c(cc4ccc3c2c1OC)OCO5. The van der Waals surface area contributed by atoms with E-state index in [-0.39, 0.29) is 6.79 Å². The minimum Gasteiger partial charge on any atom is -0.493 e. The Kier molecular flexibility index (Phi) is 2.91. The molecule has 3 aromatic carbocycles. The lowest BCUT2D eigenvalue weighted by Crippen LogP contribution is -1.93. The second-order valence-electron chi connectivity index (χ2n) is 5.91. The van der Waals surface area contributed by atoms with Gasteiger partial charge in [-0.1, -0.05) is 12.1 Å². The van der Waals surface area contributed by atoms with Crippen molar-refractivity contribution in [2.45, 2.75) is 0 Å². The Labute approximate surface area is 143 Å². The highest BCUT2D eigenvalue weighted by Gasteiger charge is 2.18. The highest BCUT2D eigenvalue weighted by atomic mass is 16.7. The molecule has 0 saturated carbocycles. The van der Waals surface area contributed by atoms with Gasteiger partial charge in [0.05, 0.1) is 19.7 Å². The summed E-state index contributed by atoms with van der Waals surface area (Å²) >= 11 is 0. The first-order valence-electron chi connectivity index (χ1n) is 7.96. The first-order valence-corrected chi connectivity index (χ1v) is 7.96. The van der Waals surface area contributed by atoms with Crippen LogP contribution in [0.1, 0.15) is 0 Å². The fourth-order valence-corrected chi connectivity index (χ4v) is 3.50. The third-order valence-corrected chi connectivity index (χ3v) is 4.66. The molecule has 1 aromatic heterocycles. The fraction of sp³-hybridized carbons (Fsp3) is 0.150. The second-order valence-corrected chi connectivity index (χ2v) is 5.91. The Bertz CT molecular complexity index is 1150. The fourth-order valence-electron chi connectivity index (χ4n) is 3.50. The maximum atomic E-state index is 5.65. The molecule has 1 aliphatic heterocycles. The van der Waals surface area contributed by atoms with Crippen molar-refractivity contribution in [3.05, 3.63) is 42.6 Å². The Morgan fingerprint density at radius 1 is 0.880 bits per heavy atom. The molecule has 0 bridgehead atoms. The molecule has 0 unspecified atom stereocenters. The number of nitrogens with zero attached hydrogens (tertiary/aromatic N) is 1. The smallest absolute Gasteiger partial charge is 0.231 e. The van der Waals surface area contributed by atoms with E-state index in [0.29, 0.717) is 11.5 Å². The molecule has 0 atom stereocenters. The van der Waals surface area contributed by atoms with Gasteiger partial charge in [-0.15, -0.1) is 0 Å². The van der Waals surface area contributed by atoms with E-state index < -0.39 is 0 Å². The number of methoxy groups -OCH3 is 2. The normalized spacial score (nSPS) is 12.9. The number of hydrogen-bond donors (Lipinski definition) is 0. The van der Waals surface area contributed by atoms with E-state index in [4.69, 9.17) is 23.9 Å². The van der Waals surface area contributed by atoms with Crippen LogP contribution in [0.2, 0.25) is 0 Å². The highest BCUT2D eigenvalue weighted by molar-refractivity contribution is 6.17. The Morgan fingerprint density at radius 3 is 2.48 bits per heavy atom. The third kappa shape index (κ3) is 1.92. The number of fused-ring (bicyclic) bond motifs is 6. The molecule has 0 aliphatic carbocycles. The zero-order valence-electron chi connectivity index (χ0n) is 13.8. The number of pyridine rings is 1.